The first kappa shape index (κ1) is 11.2. The van der Waals surface area contributed by atoms with Crippen molar-refractivity contribution < 1.29 is 13.2 Å². The second-order valence-electron chi connectivity index (χ2n) is 3.17. The Morgan fingerprint density at radius 1 is 1.25 bits per heavy atom. The number of rotatable bonds is 1. The molecule has 1 aromatic heterocycles. The van der Waals surface area contributed by atoms with Crippen molar-refractivity contribution in [3.05, 3.63) is 40.5 Å². The molecule has 1 aromatic carbocycles. The minimum Gasteiger partial charge on any atom is -0.277 e. The van der Waals surface area contributed by atoms with Gasteiger partial charge in [-0.05, 0) is 28.1 Å². The van der Waals surface area contributed by atoms with Crippen LogP contribution in [0.3, 0.4) is 0 Å². The van der Waals surface area contributed by atoms with Crippen molar-refractivity contribution in [2.45, 2.75) is 6.18 Å². The lowest BCUT2D eigenvalue weighted by atomic mass is 10.1. The minimum absolute atomic E-state index is 0.444. The number of nitrogens with zero attached hydrogens (tertiary/aromatic N) is 1. The monoisotopic (exact) mass is 290 g/mol. The summed E-state index contributed by atoms with van der Waals surface area (Å²) in [7, 11) is 0. The highest BCUT2D eigenvalue weighted by atomic mass is 79.9. The van der Waals surface area contributed by atoms with Crippen LogP contribution in [0.15, 0.2) is 34.9 Å². The van der Waals surface area contributed by atoms with Crippen molar-refractivity contribution in [1.29, 1.82) is 0 Å². The Hall–Kier alpha value is -1.30. The maximum absolute atomic E-state index is 12.5. The highest BCUT2D eigenvalue weighted by Crippen LogP contribution is 2.33. The molecule has 2 nitrogen and oxygen atoms in total. The molecule has 0 bridgehead atoms. The maximum Gasteiger partial charge on any atom is 0.416 e. The quantitative estimate of drug-likeness (QED) is 0.849. The summed E-state index contributed by atoms with van der Waals surface area (Å²) in [5, 5.41) is 6.37. The molecular formula is C10H6BrF3N2. The lowest BCUT2D eigenvalue weighted by molar-refractivity contribution is -0.137. The molecule has 0 unspecified atom stereocenters. The van der Waals surface area contributed by atoms with Crippen LogP contribution in [0.25, 0.3) is 11.3 Å². The third-order valence-electron chi connectivity index (χ3n) is 2.07. The van der Waals surface area contributed by atoms with Gasteiger partial charge in [-0.2, -0.15) is 18.3 Å². The first-order chi connectivity index (χ1) is 7.48. The lowest BCUT2D eigenvalue weighted by Gasteiger charge is -2.07. The summed E-state index contributed by atoms with van der Waals surface area (Å²) in [4.78, 5) is 0. The summed E-state index contributed by atoms with van der Waals surface area (Å²) in [6, 6.07) is 5.07. The van der Waals surface area contributed by atoms with Crippen LogP contribution in [0, 0.1) is 0 Å². The Balaban J connectivity index is 2.49. The van der Waals surface area contributed by atoms with Crippen molar-refractivity contribution in [1.82, 2.24) is 10.2 Å². The van der Waals surface area contributed by atoms with Crippen LogP contribution in [-0.2, 0) is 6.18 Å². The number of alkyl halides is 3. The van der Waals surface area contributed by atoms with Gasteiger partial charge in [0.1, 0.15) is 0 Å². The molecule has 0 aliphatic rings. The molecule has 0 aliphatic heterocycles. The van der Waals surface area contributed by atoms with E-state index < -0.39 is 11.7 Å². The molecule has 1 heterocycles. The van der Waals surface area contributed by atoms with Crippen molar-refractivity contribution >= 4 is 15.9 Å². The topological polar surface area (TPSA) is 28.7 Å². The molecule has 1 N–H and O–H groups in total. The Kier molecular flexibility index (Phi) is 2.75. The van der Waals surface area contributed by atoms with E-state index >= 15 is 0 Å². The molecule has 0 atom stereocenters. The lowest BCUT2D eigenvalue weighted by Crippen LogP contribution is -2.04. The molecular weight excluding hydrogens is 285 g/mol. The molecule has 0 spiro atoms. The second-order valence-corrected chi connectivity index (χ2v) is 4.03. The molecule has 0 radical (unpaired) electrons. The third-order valence-corrected chi connectivity index (χ3v) is 2.67. The molecule has 0 amide bonds. The Labute approximate surface area is 97.6 Å². The molecule has 2 aromatic rings. The summed E-state index contributed by atoms with van der Waals surface area (Å²) in [5.74, 6) is 0. The second kappa shape index (κ2) is 3.93. The van der Waals surface area contributed by atoms with Gasteiger partial charge in [-0.25, -0.2) is 0 Å². The van der Waals surface area contributed by atoms with Crippen molar-refractivity contribution in [3.63, 3.8) is 0 Å². The zero-order chi connectivity index (χ0) is 11.8. The molecule has 0 saturated heterocycles. The van der Waals surface area contributed by atoms with Crippen LogP contribution in [0.4, 0.5) is 13.2 Å². The summed E-state index contributed by atoms with van der Waals surface area (Å²) < 4.78 is 38.0. The highest BCUT2D eigenvalue weighted by Gasteiger charge is 2.30. The summed E-state index contributed by atoms with van der Waals surface area (Å²) in [5.41, 5.74) is 0.303. The Morgan fingerprint density at radius 2 is 2.00 bits per heavy atom. The van der Waals surface area contributed by atoms with Crippen LogP contribution in [-0.4, -0.2) is 10.2 Å². The number of aromatic nitrogens is 2. The number of H-pyrrole nitrogens is 1. The van der Waals surface area contributed by atoms with E-state index in [4.69, 9.17) is 0 Å². The van der Waals surface area contributed by atoms with Gasteiger partial charge in [0.05, 0.1) is 21.9 Å². The van der Waals surface area contributed by atoms with Crippen LogP contribution < -0.4 is 0 Å². The number of benzene rings is 1. The predicted molar refractivity (Wildman–Crippen MR) is 56.7 cm³/mol. The number of hydrogen-bond acceptors (Lipinski definition) is 1. The van der Waals surface area contributed by atoms with Crippen LogP contribution in [0.2, 0.25) is 0 Å². The van der Waals surface area contributed by atoms with Crippen molar-refractivity contribution in [2.75, 3.05) is 0 Å². The first-order valence-corrected chi connectivity index (χ1v) is 5.14. The van der Waals surface area contributed by atoms with Gasteiger partial charge in [0, 0.05) is 5.56 Å². The zero-order valence-corrected chi connectivity index (χ0v) is 9.43. The van der Waals surface area contributed by atoms with Crippen molar-refractivity contribution in [2.24, 2.45) is 0 Å². The number of hydrogen-bond donors (Lipinski definition) is 1. The van der Waals surface area contributed by atoms with E-state index in [0.29, 0.717) is 15.7 Å². The molecule has 0 saturated carbocycles. The zero-order valence-electron chi connectivity index (χ0n) is 7.85. The largest absolute Gasteiger partial charge is 0.416 e. The van der Waals surface area contributed by atoms with Crippen LogP contribution in [0.5, 0.6) is 0 Å². The van der Waals surface area contributed by atoms with Crippen LogP contribution >= 0.6 is 15.9 Å². The molecule has 2 rings (SSSR count). The number of nitrogens with one attached hydrogen (secondary N) is 1. The van der Waals surface area contributed by atoms with E-state index in [-0.39, 0.29) is 0 Å². The van der Waals surface area contributed by atoms with Crippen LogP contribution in [0.1, 0.15) is 5.56 Å². The molecule has 0 fully saturated rings. The van der Waals surface area contributed by atoms with Crippen molar-refractivity contribution in [3.8, 4) is 11.3 Å². The molecule has 16 heavy (non-hydrogen) atoms. The molecule has 84 valence electrons. The SMILES string of the molecule is FC(F)(F)c1cccc(-c2[nH]ncc2Br)c1. The van der Waals surface area contributed by atoms with Gasteiger partial charge in [0.25, 0.3) is 0 Å². The van der Waals surface area contributed by atoms with Gasteiger partial charge in [-0.3, -0.25) is 5.10 Å². The molecule has 0 aliphatic carbocycles. The average Bonchev–Trinajstić information content (AvgIpc) is 2.63. The predicted octanol–water partition coefficient (Wildman–Crippen LogP) is 3.86. The van der Waals surface area contributed by atoms with Gasteiger partial charge >= 0.3 is 6.18 Å². The highest BCUT2D eigenvalue weighted by molar-refractivity contribution is 9.10. The summed E-state index contributed by atoms with van der Waals surface area (Å²) >= 11 is 3.20. The van der Waals surface area contributed by atoms with Gasteiger partial charge in [0.15, 0.2) is 0 Å². The minimum atomic E-state index is -4.33. The van der Waals surface area contributed by atoms with E-state index in [9.17, 15) is 13.2 Å². The maximum atomic E-state index is 12.5. The summed E-state index contributed by atoms with van der Waals surface area (Å²) in [6.07, 6.45) is -2.84. The average molecular weight is 291 g/mol. The molecule has 6 heteroatoms. The number of halogens is 4. The van der Waals surface area contributed by atoms with E-state index in [1.807, 2.05) is 0 Å². The van der Waals surface area contributed by atoms with Gasteiger partial charge in [-0.1, -0.05) is 12.1 Å². The van der Waals surface area contributed by atoms with E-state index in [0.717, 1.165) is 12.1 Å². The van der Waals surface area contributed by atoms with Gasteiger partial charge < -0.3 is 0 Å². The van der Waals surface area contributed by atoms with E-state index in [1.54, 1.807) is 6.07 Å². The fraction of sp³-hybridized carbons (Fsp3) is 0.100. The third kappa shape index (κ3) is 2.11. The first-order valence-electron chi connectivity index (χ1n) is 4.35. The normalized spacial score (nSPS) is 11.8. The van der Waals surface area contributed by atoms with E-state index in [2.05, 4.69) is 26.1 Å². The fourth-order valence-electron chi connectivity index (χ4n) is 1.32. The summed E-state index contributed by atoms with van der Waals surface area (Å²) in [6.45, 7) is 0. The standard InChI is InChI=1S/C10H6BrF3N2/c11-8-5-15-16-9(8)6-2-1-3-7(4-6)10(12,13)14/h1-5H,(H,15,16). The Bertz CT molecular complexity index is 505. The van der Waals surface area contributed by atoms with Gasteiger partial charge in [0.2, 0.25) is 0 Å². The van der Waals surface area contributed by atoms with E-state index in [1.165, 1.54) is 12.3 Å². The fourth-order valence-corrected chi connectivity index (χ4v) is 1.74. The Morgan fingerprint density at radius 3 is 2.56 bits per heavy atom. The smallest absolute Gasteiger partial charge is 0.277 e. The van der Waals surface area contributed by atoms with Gasteiger partial charge in [-0.15, -0.1) is 0 Å². The number of aromatic amines is 1.